The molecule has 3 rings (SSSR count). The van der Waals surface area contributed by atoms with Gasteiger partial charge in [-0.05, 0) is 69.5 Å². The number of ether oxygens (including phenoxy) is 1. The van der Waals surface area contributed by atoms with E-state index in [1.165, 1.54) is 37.6 Å². The molecule has 0 radical (unpaired) electrons. The second kappa shape index (κ2) is 8.41. The minimum Gasteiger partial charge on any atom is -0.449 e. The van der Waals surface area contributed by atoms with E-state index in [-0.39, 0.29) is 0 Å². The van der Waals surface area contributed by atoms with E-state index in [1.54, 1.807) is 18.2 Å². The van der Waals surface area contributed by atoms with Crippen LogP contribution in [0.5, 0.6) is 0 Å². The number of esters is 1. The van der Waals surface area contributed by atoms with E-state index < -0.39 is 18.0 Å². The number of benzene rings is 1. The van der Waals surface area contributed by atoms with Crippen LogP contribution in [-0.2, 0) is 14.3 Å². The number of nitrogens with one attached hydrogen (secondary N) is 1. The molecule has 0 spiro atoms. The Kier molecular flexibility index (Phi) is 6.16. The smallest absolute Gasteiger partial charge is 0.331 e. The first kappa shape index (κ1) is 20.5. The first-order valence-electron chi connectivity index (χ1n) is 9.09. The molecule has 5 nitrogen and oxygen atoms in total. The van der Waals surface area contributed by atoms with Gasteiger partial charge in [0.25, 0.3) is 5.91 Å². The van der Waals surface area contributed by atoms with Crippen molar-refractivity contribution in [3.8, 4) is 0 Å². The molecule has 28 heavy (non-hydrogen) atoms. The van der Waals surface area contributed by atoms with Gasteiger partial charge in [0.05, 0.1) is 10.7 Å². The van der Waals surface area contributed by atoms with Gasteiger partial charge < -0.3 is 14.6 Å². The van der Waals surface area contributed by atoms with Gasteiger partial charge in [0.15, 0.2) is 6.10 Å². The number of aryl methyl sites for hydroxylation is 1. The molecular formula is C21H22Cl2N2O3. The Balaban J connectivity index is 1.59. The number of halogens is 2. The van der Waals surface area contributed by atoms with E-state index in [1.807, 2.05) is 6.92 Å². The topological polar surface area (TPSA) is 60.3 Å². The van der Waals surface area contributed by atoms with Crippen LogP contribution in [0.3, 0.4) is 0 Å². The lowest BCUT2D eigenvalue weighted by Gasteiger charge is -2.13. The highest BCUT2D eigenvalue weighted by Crippen LogP contribution is 2.38. The van der Waals surface area contributed by atoms with Gasteiger partial charge in [0, 0.05) is 28.5 Å². The quantitative estimate of drug-likeness (QED) is 0.507. The van der Waals surface area contributed by atoms with E-state index in [0.717, 1.165) is 11.3 Å². The third-order valence-corrected chi connectivity index (χ3v) is 5.25. The number of carbonyl (C=O) groups excluding carboxylic acids is 2. The zero-order valence-electron chi connectivity index (χ0n) is 16.0. The first-order valence-corrected chi connectivity index (χ1v) is 9.85. The third-order valence-electron chi connectivity index (χ3n) is 4.68. The molecule has 7 heteroatoms. The molecule has 1 heterocycles. The number of rotatable bonds is 6. The molecule has 1 aromatic carbocycles. The lowest BCUT2D eigenvalue weighted by molar-refractivity contribution is -0.148. The molecule has 0 unspecified atom stereocenters. The second-order valence-corrected chi connectivity index (χ2v) is 7.80. The molecule has 1 saturated carbocycles. The Morgan fingerprint density at radius 1 is 1.25 bits per heavy atom. The molecular weight excluding hydrogens is 399 g/mol. The predicted molar refractivity (Wildman–Crippen MR) is 112 cm³/mol. The van der Waals surface area contributed by atoms with Gasteiger partial charge >= 0.3 is 5.97 Å². The average Bonchev–Trinajstić information content (AvgIpc) is 3.42. The summed E-state index contributed by atoms with van der Waals surface area (Å²) in [7, 11) is 0. The van der Waals surface area contributed by atoms with Crippen molar-refractivity contribution in [3.05, 3.63) is 57.3 Å². The van der Waals surface area contributed by atoms with Gasteiger partial charge in [0.2, 0.25) is 0 Å². The lowest BCUT2D eigenvalue weighted by Crippen LogP contribution is -2.29. The summed E-state index contributed by atoms with van der Waals surface area (Å²) in [6, 6.07) is 7.36. The molecule has 1 fully saturated rings. The fraction of sp³-hybridized carbons (Fsp3) is 0.333. The standard InChI is InChI=1S/C21H22Cl2N2O3/c1-12-10-15(13(2)25(12)17-6-7-17)4-9-20(26)28-14(3)21(27)24-19-11-16(22)5-8-18(19)23/h4-5,8-11,14,17H,6-7H2,1-3H3,(H,24,27)/b9-4+/t14-/m0/s1. The Bertz CT molecular complexity index is 945. The van der Waals surface area contributed by atoms with Gasteiger partial charge in [-0.3, -0.25) is 4.79 Å². The summed E-state index contributed by atoms with van der Waals surface area (Å²) in [5.74, 6) is -1.08. The fourth-order valence-electron chi connectivity index (χ4n) is 3.12. The maximum Gasteiger partial charge on any atom is 0.331 e. The van der Waals surface area contributed by atoms with Gasteiger partial charge in [-0.15, -0.1) is 0 Å². The second-order valence-electron chi connectivity index (χ2n) is 6.95. The lowest BCUT2D eigenvalue weighted by atomic mass is 10.2. The summed E-state index contributed by atoms with van der Waals surface area (Å²) in [6.07, 6.45) is 4.48. The molecule has 1 N–H and O–H groups in total. The van der Waals surface area contributed by atoms with Gasteiger partial charge in [-0.2, -0.15) is 0 Å². The highest BCUT2D eigenvalue weighted by atomic mass is 35.5. The van der Waals surface area contributed by atoms with Crippen molar-refractivity contribution in [2.45, 2.75) is 45.8 Å². The van der Waals surface area contributed by atoms with E-state index in [4.69, 9.17) is 27.9 Å². The van der Waals surface area contributed by atoms with Crippen LogP contribution < -0.4 is 5.32 Å². The molecule has 2 aromatic rings. The molecule has 148 valence electrons. The van der Waals surface area contributed by atoms with Crippen molar-refractivity contribution in [1.82, 2.24) is 4.57 Å². The Morgan fingerprint density at radius 3 is 2.64 bits per heavy atom. The molecule has 1 aromatic heterocycles. The predicted octanol–water partition coefficient (Wildman–Crippen LogP) is 5.33. The number of hydrogen-bond acceptors (Lipinski definition) is 3. The Morgan fingerprint density at radius 2 is 1.96 bits per heavy atom. The van der Waals surface area contributed by atoms with Gasteiger partial charge in [0.1, 0.15) is 0 Å². The summed E-state index contributed by atoms with van der Waals surface area (Å²) in [5.41, 5.74) is 3.65. The van der Waals surface area contributed by atoms with Crippen LogP contribution in [0.15, 0.2) is 30.3 Å². The largest absolute Gasteiger partial charge is 0.449 e. The van der Waals surface area contributed by atoms with E-state index >= 15 is 0 Å². The minimum atomic E-state index is -0.980. The number of nitrogens with zero attached hydrogens (tertiary/aromatic N) is 1. The highest BCUT2D eigenvalue weighted by Gasteiger charge is 2.26. The molecule has 0 saturated heterocycles. The van der Waals surface area contributed by atoms with E-state index in [2.05, 4.69) is 22.9 Å². The normalized spacial score (nSPS) is 14.9. The molecule has 1 amide bonds. The van der Waals surface area contributed by atoms with Crippen LogP contribution in [0.2, 0.25) is 10.0 Å². The Hall–Kier alpha value is -2.24. The van der Waals surface area contributed by atoms with Crippen molar-refractivity contribution in [3.63, 3.8) is 0 Å². The first-order chi connectivity index (χ1) is 13.3. The number of anilines is 1. The summed E-state index contributed by atoms with van der Waals surface area (Å²) >= 11 is 11.9. The monoisotopic (exact) mass is 420 g/mol. The van der Waals surface area contributed by atoms with Crippen LogP contribution in [0.4, 0.5) is 5.69 Å². The van der Waals surface area contributed by atoms with Crippen LogP contribution >= 0.6 is 23.2 Å². The number of amides is 1. The van der Waals surface area contributed by atoms with Gasteiger partial charge in [-0.1, -0.05) is 23.2 Å². The van der Waals surface area contributed by atoms with Gasteiger partial charge in [-0.25, -0.2) is 4.79 Å². The number of carbonyl (C=O) groups is 2. The maximum absolute atomic E-state index is 12.3. The third kappa shape index (κ3) is 4.78. The molecule has 1 atom stereocenters. The van der Waals surface area contributed by atoms with Crippen molar-refractivity contribution in [1.29, 1.82) is 0 Å². The minimum absolute atomic E-state index is 0.349. The summed E-state index contributed by atoms with van der Waals surface area (Å²) in [4.78, 5) is 24.4. The van der Waals surface area contributed by atoms with Crippen LogP contribution in [0, 0.1) is 13.8 Å². The molecule has 1 aliphatic rings. The highest BCUT2D eigenvalue weighted by molar-refractivity contribution is 6.35. The van der Waals surface area contributed by atoms with Crippen LogP contribution in [0.1, 0.15) is 42.8 Å². The maximum atomic E-state index is 12.3. The SMILES string of the molecule is Cc1cc(/C=C/C(=O)O[C@@H](C)C(=O)Nc2cc(Cl)ccc2Cl)c(C)n1C1CC1. The molecule has 1 aliphatic carbocycles. The fourth-order valence-corrected chi connectivity index (χ4v) is 3.46. The van der Waals surface area contributed by atoms with Crippen molar-refractivity contribution >= 4 is 46.8 Å². The molecule has 0 aliphatic heterocycles. The Labute approximate surface area is 174 Å². The summed E-state index contributed by atoms with van der Waals surface area (Å²) in [5, 5.41) is 3.40. The van der Waals surface area contributed by atoms with Crippen molar-refractivity contribution in [2.75, 3.05) is 5.32 Å². The average molecular weight is 421 g/mol. The van der Waals surface area contributed by atoms with Crippen LogP contribution in [0.25, 0.3) is 6.08 Å². The van der Waals surface area contributed by atoms with E-state index in [0.29, 0.717) is 21.8 Å². The van der Waals surface area contributed by atoms with Crippen molar-refractivity contribution < 1.29 is 14.3 Å². The summed E-state index contributed by atoms with van der Waals surface area (Å²) in [6.45, 7) is 5.61. The number of hydrogen-bond donors (Lipinski definition) is 1. The molecule has 0 bridgehead atoms. The zero-order chi connectivity index (χ0) is 20.4. The summed E-state index contributed by atoms with van der Waals surface area (Å²) < 4.78 is 7.49. The van der Waals surface area contributed by atoms with Crippen LogP contribution in [-0.4, -0.2) is 22.5 Å². The number of aromatic nitrogens is 1. The van der Waals surface area contributed by atoms with E-state index in [9.17, 15) is 9.59 Å². The van der Waals surface area contributed by atoms with Crippen molar-refractivity contribution in [2.24, 2.45) is 0 Å². The zero-order valence-corrected chi connectivity index (χ0v) is 17.5.